The maximum Gasteiger partial charge on any atom is 0.336 e. The number of hydrogen-bond donors (Lipinski definition) is 1. The minimum absolute atomic E-state index is 0.0538. The maximum atomic E-state index is 13.4. The van der Waals surface area contributed by atoms with Crippen LogP contribution < -0.4 is 5.32 Å². The molecule has 0 radical (unpaired) electrons. The molecular formula is C28H25ClN2O3S. The first kappa shape index (κ1) is 23.5. The minimum atomic E-state index is -0.559. The van der Waals surface area contributed by atoms with Crippen molar-refractivity contribution < 1.29 is 14.3 Å². The Balaban J connectivity index is 1.48. The largest absolute Gasteiger partial charge is 0.462 e. The number of thiazole rings is 1. The van der Waals surface area contributed by atoms with E-state index >= 15 is 0 Å². The second-order valence-electron chi connectivity index (χ2n) is 8.69. The highest BCUT2D eigenvalue weighted by atomic mass is 35.5. The summed E-state index contributed by atoms with van der Waals surface area (Å²) in [6.45, 7) is 2.12. The third kappa shape index (κ3) is 4.81. The summed E-state index contributed by atoms with van der Waals surface area (Å²) in [5.74, 6) is -0.929. The molecule has 7 heteroatoms. The van der Waals surface area contributed by atoms with E-state index in [0.29, 0.717) is 40.4 Å². The van der Waals surface area contributed by atoms with Gasteiger partial charge in [0.1, 0.15) is 5.01 Å². The van der Waals surface area contributed by atoms with Gasteiger partial charge in [0.25, 0.3) is 0 Å². The van der Waals surface area contributed by atoms with Gasteiger partial charge in [-0.05, 0) is 31.4 Å². The van der Waals surface area contributed by atoms with Crippen LogP contribution in [0, 0.1) is 0 Å². The summed E-state index contributed by atoms with van der Waals surface area (Å²) < 4.78 is 5.72. The van der Waals surface area contributed by atoms with Gasteiger partial charge in [-0.2, -0.15) is 0 Å². The molecule has 3 aromatic rings. The van der Waals surface area contributed by atoms with Crippen LogP contribution in [0.4, 0.5) is 0 Å². The van der Waals surface area contributed by atoms with Crippen molar-refractivity contribution in [2.45, 2.75) is 38.5 Å². The number of carbonyl (C=O) groups excluding carboxylic acids is 2. The zero-order valence-corrected chi connectivity index (χ0v) is 20.9. The van der Waals surface area contributed by atoms with Crippen molar-refractivity contribution in [3.05, 3.63) is 98.8 Å². The van der Waals surface area contributed by atoms with E-state index < -0.39 is 11.9 Å². The Bertz CT molecular complexity index is 1340. The number of rotatable bonds is 6. The van der Waals surface area contributed by atoms with E-state index in [1.54, 1.807) is 0 Å². The van der Waals surface area contributed by atoms with Crippen LogP contribution in [0.25, 0.3) is 10.6 Å². The number of benzene rings is 2. The first-order valence-electron chi connectivity index (χ1n) is 11.7. The lowest BCUT2D eigenvalue weighted by Gasteiger charge is -2.33. The van der Waals surface area contributed by atoms with E-state index in [9.17, 15) is 9.59 Å². The Labute approximate surface area is 213 Å². The van der Waals surface area contributed by atoms with E-state index in [0.717, 1.165) is 34.7 Å². The van der Waals surface area contributed by atoms with Gasteiger partial charge < -0.3 is 10.1 Å². The molecule has 2 aromatic carbocycles. The number of halogens is 1. The van der Waals surface area contributed by atoms with Crippen LogP contribution >= 0.6 is 22.9 Å². The lowest BCUT2D eigenvalue weighted by atomic mass is 9.77. The molecule has 178 valence electrons. The Morgan fingerprint density at radius 3 is 2.71 bits per heavy atom. The summed E-state index contributed by atoms with van der Waals surface area (Å²) in [7, 11) is 0. The highest BCUT2D eigenvalue weighted by Gasteiger charge is 2.40. The Kier molecular flexibility index (Phi) is 6.84. The van der Waals surface area contributed by atoms with Crippen molar-refractivity contribution in [2.75, 3.05) is 6.61 Å². The lowest BCUT2D eigenvalue weighted by Crippen LogP contribution is -2.34. The number of nitrogens with zero attached hydrogens (tertiary/aromatic N) is 1. The number of aromatic nitrogens is 1. The topological polar surface area (TPSA) is 68.3 Å². The zero-order valence-electron chi connectivity index (χ0n) is 19.3. The average Bonchev–Trinajstić information content (AvgIpc) is 3.34. The fraction of sp³-hybridized carbons (Fsp3) is 0.250. The smallest absolute Gasteiger partial charge is 0.336 e. The molecule has 1 aliphatic carbocycles. The lowest BCUT2D eigenvalue weighted by molar-refractivity contribution is -0.139. The average molecular weight is 505 g/mol. The molecule has 0 saturated carbocycles. The van der Waals surface area contributed by atoms with Gasteiger partial charge >= 0.3 is 5.97 Å². The van der Waals surface area contributed by atoms with E-state index in [1.165, 1.54) is 11.3 Å². The molecule has 5 rings (SSSR count). The van der Waals surface area contributed by atoms with E-state index in [2.05, 4.69) is 5.32 Å². The van der Waals surface area contributed by atoms with Crippen LogP contribution in [0.15, 0.2) is 82.5 Å². The van der Waals surface area contributed by atoms with Gasteiger partial charge in [-0.25, -0.2) is 9.78 Å². The normalized spacial score (nSPS) is 17.8. The highest BCUT2D eigenvalue weighted by molar-refractivity contribution is 7.13. The molecule has 1 unspecified atom stereocenters. The van der Waals surface area contributed by atoms with Crippen molar-refractivity contribution in [2.24, 2.45) is 0 Å². The molecule has 35 heavy (non-hydrogen) atoms. The summed E-state index contributed by atoms with van der Waals surface area (Å²) in [5.41, 5.74) is 5.27. The van der Waals surface area contributed by atoms with Gasteiger partial charge in [0, 0.05) is 40.8 Å². The molecule has 2 heterocycles. The van der Waals surface area contributed by atoms with E-state index in [1.807, 2.05) is 66.9 Å². The SMILES string of the molecule is CC1=C(C(=O)OCCc2ccccc2)C(c2csc(-c3ccccc3Cl)n2)C2=C(CCCC2=O)N1. The van der Waals surface area contributed by atoms with Gasteiger partial charge in [-0.1, -0.05) is 60.1 Å². The number of nitrogens with one attached hydrogen (secondary N) is 1. The number of carbonyl (C=O) groups is 2. The molecule has 0 fully saturated rings. The summed E-state index contributed by atoms with van der Waals surface area (Å²) in [6, 6.07) is 17.4. The van der Waals surface area contributed by atoms with Crippen molar-refractivity contribution >= 4 is 34.7 Å². The quantitative estimate of drug-likeness (QED) is 0.404. The molecule has 0 bridgehead atoms. The first-order chi connectivity index (χ1) is 17.0. The second kappa shape index (κ2) is 10.2. The molecule has 0 amide bonds. The summed E-state index contributed by atoms with van der Waals surface area (Å²) in [5, 5.41) is 6.61. The summed E-state index contributed by atoms with van der Waals surface area (Å²) in [6.07, 6.45) is 2.65. The number of ether oxygens (including phenoxy) is 1. The highest BCUT2D eigenvalue weighted by Crippen LogP contribution is 2.44. The molecule has 0 saturated heterocycles. The monoisotopic (exact) mass is 504 g/mol. The molecule has 1 aliphatic heterocycles. The summed E-state index contributed by atoms with van der Waals surface area (Å²) >= 11 is 7.86. The maximum absolute atomic E-state index is 13.4. The minimum Gasteiger partial charge on any atom is -0.462 e. The third-order valence-corrected chi connectivity index (χ3v) is 7.61. The summed E-state index contributed by atoms with van der Waals surface area (Å²) in [4.78, 5) is 31.4. The van der Waals surface area contributed by atoms with Crippen LogP contribution in [0.1, 0.15) is 43.4 Å². The predicted molar refractivity (Wildman–Crippen MR) is 138 cm³/mol. The van der Waals surface area contributed by atoms with Gasteiger partial charge in [0.15, 0.2) is 5.78 Å². The molecule has 1 N–H and O–H groups in total. The van der Waals surface area contributed by atoms with Crippen molar-refractivity contribution in [1.82, 2.24) is 10.3 Å². The van der Waals surface area contributed by atoms with E-state index in [4.69, 9.17) is 21.3 Å². The van der Waals surface area contributed by atoms with Gasteiger partial charge in [0.05, 0.1) is 28.8 Å². The van der Waals surface area contributed by atoms with Crippen molar-refractivity contribution in [3.63, 3.8) is 0 Å². The van der Waals surface area contributed by atoms with Crippen LogP contribution in [-0.4, -0.2) is 23.3 Å². The van der Waals surface area contributed by atoms with Gasteiger partial charge in [0.2, 0.25) is 0 Å². The Morgan fingerprint density at radius 2 is 1.91 bits per heavy atom. The molecule has 1 aromatic heterocycles. The van der Waals surface area contributed by atoms with Gasteiger partial charge in [-0.3, -0.25) is 4.79 Å². The molecule has 1 atom stereocenters. The number of dihydropyridines is 1. The standard InChI is InChI=1S/C28H25ClN2O3S/c1-17-24(28(33)34-15-14-18-8-3-2-4-9-18)26(25-21(30-17)12-7-13-23(25)32)22-16-35-27(31-22)19-10-5-6-11-20(19)29/h2-6,8-11,16,26,30H,7,12-15H2,1H3. The van der Waals surface area contributed by atoms with Crippen LogP contribution in [0.5, 0.6) is 0 Å². The van der Waals surface area contributed by atoms with E-state index in [-0.39, 0.29) is 12.4 Å². The van der Waals surface area contributed by atoms with Crippen LogP contribution in [0.3, 0.4) is 0 Å². The number of allylic oxidation sites excluding steroid dienone is 3. The van der Waals surface area contributed by atoms with Crippen LogP contribution in [0.2, 0.25) is 5.02 Å². The zero-order chi connectivity index (χ0) is 24.4. The number of Topliss-reactive ketones (excluding diaryl/α,β-unsaturated/α-hetero) is 1. The van der Waals surface area contributed by atoms with Gasteiger partial charge in [-0.15, -0.1) is 11.3 Å². The fourth-order valence-corrected chi connectivity index (χ4v) is 5.88. The van der Waals surface area contributed by atoms with Crippen molar-refractivity contribution in [1.29, 1.82) is 0 Å². The molecular weight excluding hydrogens is 480 g/mol. The number of hydrogen-bond acceptors (Lipinski definition) is 6. The Hall–Kier alpha value is -3.22. The van der Waals surface area contributed by atoms with Crippen molar-refractivity contribution in [3.8, 4) is 10.6 Å². The number of esters is 1. The predicted octanol–water partition coefficient (Wildman–Crippen LogP) is 6.22. The van der Waals surface area contributed by atoms with Crippen LogP contribution in [-0.2, 0) is 20.7 Å². The first-order valence-corrected chi connectivity index (χ1v) is 12.9. The molecule has 5 nitrogen and oxygen atoms in total. The Morgan fingerprint density at radius 1 is 1.14 bits per heavy atom. The number of ketones is 1. The third-order valence-electron chi connectivity index (χ3n) is 6.38. The fourth-order valence-electron chi connectivity index (χ4n) is 4.71. The molecule has 2 aliphatic rings. The second-order valence-corrected chi connectivity index (χ2v) is 9.96. The molecule has 0 spiro atoms.